The number of aliphatic hydroxyl groups is 1. The second-order valence-corrected chi connectivity index (χ2v) is 3.95. The summed E-state index contributed by atoms with van der Waals surface area (Å²) in [5.74, 6) is -0.00235. The molecule has 0 aromatic heterocycles. The largest absolute Gasteiger partial charge is 0.395 e. The maximum Gasteiger partial charge on any atom is 0.314 e. The molecule has 0 radical (unpaired) electrons. The number of hydrogen-bond acceptors (Lipinski definition) is 3. The van der Waals surface area contributed by atoms with Crippen LogP contribution >= 0.6 is 0 Å². The minimum Gasteiger partial charge on any atom is -0.395 e. The number of aliphatic hydroxyl groups excluding tert-OH is 1. The molecule has 0 unspecified atom stereocenters. The van der Waals surface area contributed by atoms with Crippen LogP contribution in [0.15, 0.2) is 24.3 Å². The first kappa shape index (κ1) is 14.2. The molecule has 0 bridgehead atoms. The second-order valence-electron chi connectivity index (χ2n) is 3.95. The standard InChI is InChI=1S/C13H18N2O3/c1-10-2-4-11(5-3-10)12(17)6-7-14-13(18)15-8-9-16/h2-5,16H,6-9H2,1H3,(H2,14,15,18). The first-order chi connectivity index (χ1) is 8.63. The van der Waals surface area contributed by atoms with Gasteiger partial charge in [0.05, 0.1) is 6.61 Å². The monoisotopic (exact) mass is 250 g/mol. The number of rotatable bonds is 6. The van der Waals surface area contributed by atoms with Crippen LogP contribution in [0.25, 0.3) is 0 Å². The summed E-state index contributed by atoms with van der Waals surface area (Å²) in [7, 11) is 0. The van der Waals surface area contributed by atoms with Gasteiger partial charge < -0.3 is 15.7 Å². The van der Waals surface area contributed by atoms with Crippen LogP contribution in [0.2, 0.25) is 0 Å². The number of carbonyl (C=O) groups is 2. The van der Waals surface area contributed by atoms with E-state index in [4.69, 9.17) is 5.11 Å². The fourth-order valence-corrected chi connectivity index (χ4v) is 1.41. The molecule has 0 aliphatic carbocycles. The lowest BCUT2D eigenvalue weighted by atomic mass is 10.1. The zero-order valence-corrected chi connectivity index (χ0v) is 10.4. The first-order valence-electron chi connectivity index (χ1n) is 5.86. The molecule has 1 aromatic rings. The van der Waals surface area contributed by atoms with Gasteiger partial charge in [-0.3, -0.25) is 4.79 Å². The lowest BCUT2D eigenvalue weighted by Crippen LogP contribution is -2.37. The van der Waals surface area contributed by atoms with Crippen molar-refractivity contribution < 1.29 is 14.7 Å². The van der Waals surface area contributed by atoms with E-state index in [1.54, 1.807) is 12.1 Å². The number of carbonyl (C=O) groups excluding carboxylic acids is 2. The maximum absolute atomic E-state index is 11.7. The van der Waals surface area contributed by atoms with Gasteiger partial charge in [0.25, 0.3) is 0 Å². The van der Waals surface area contributed by atoms with Crippen LogP contribution in [0.3, 0.4) is 0 Å². The fraction of sp³-hybridized carbons (Fsp3) is 0.385. The molecule has 1 aromatic carbocycles. The highest BCUT2D eigenvalue weighted by molar-refractivity contribution is 5.96. The van der Waals surface area contributed by atoms with E-state index in [-0.39, 0.29) is 37.9 Å². The topological polar surface area (TPSA) is 78.4 Å². The zero-order valence-electron chi connectivity index (χ0n) is 10.4. The average molecular weight is 250 g/mol. The normalized spacial score (nSPS) is 9.89. The number of amides is 2. The highest BCUT2D eigenvalue weighted by Gasteiger charge is 2.06. The van der Waals surface area contributed by atoms with E-state index in [1.807, 2.05) is 19.1 Å². The summed E-state index contributed by atoms with van der Waals surface area (Å²) in [5, 5.41) is 13.5. The van der Waals surface area contributed by atoms with E-state index in [9.17, 15) is 9.59 Å². The van der Waals surface area contributed by atoms with Gasteiger partial charge in [0, 0.05) is 25.1 Å². The summed E-state index contributed by atoms with van der Waals surface area (Å²) in [6.07, 6.45) is 0.260. The molecule has 0 aliphatic rings. The Morgan fingerprint density at radius 2 is 1.72 bits per heavy atom. The molecule has 5 nitrogen and oxygen atoms in total. The van der Waals surface area contributed by atoms with Gasteiger partial charge in [-0.25, -0.2) is 4.79 Å². The van der Waals surface area contributed by atoms with Crippen molar-refractivity contribution in [2.75, 3.05) is 19.7 Å². The second kappa shape index (κ2) is 7.45. The molecule has 98 valence electrons. The van der Waals surface area contributed by atoms with E-state index in [0.717, 1.165) is 5.56 Å². The van der Waals surface area contributed by atoms with Gasteiger partial charge in [-0.2, -0.15) is 0 Å². The molecule has 0 heterocycles. The molecule has 0 fully saturated rings. The Bertz CT molecular complexity index is 401. The molecular weight excluding hydrogens is 232 g/mol. The molecule has 3 N–H and O–H groups in total. The number of ketones is 1. The van der Waals surface area contributed by atoms with Gasteiger partial charge in [0.1, 0.15) is 0 Å². The lowest BCUT2D eigenvalue weighted by molar-refractivity contribution is 0.0983. The van der Waals surface area contributed by atoms with Crippen molar-refractivity contribution in [2.45, 2.75) is 13.3 Å². The highest BCUT2D eigenvalue weighted by Crippen LogP contribution is 2.05. The lowest BCUT2D eigenvalue weighted by Gasteiger charge is -2.06. The van der Waals surface area contributed by atoms with Crippen molar-refractivity contribution in [3.63, 3.8) is 0 Å². The van der Waals surface area contributed by atoms with Crippen LogP contribution in [0, 0.1) is 6.92 Å². The Labute approximate surface area is 106 Å². The van der Waals surface area contributed by atoms with Crippen LogP contribution < -0.4 is 10.6 Å². The third kappa shape index (κ3) is 4.97. The molecule has 0 atom stereocenters. The number of nitrogens with one attached hydrogen (secondary N) is 2. The predicted molar refractivity (Wildman–Crippen MR) is 68.6 cm³/mol. The third-order valence-corrected chi connectivity index (χ3v) is 2.41. The highest BCUT2D eigenvalue weighted by atomic mass is 16.3. The Hall–Kier alpha value is -1.88. The molecule has 0 spiro atoms. The fourth-order valence-electron chi connectivity index (χ4n) is 1.41. The van der Waals surface area contributed by atoms with Gasteiger partial charge in [-0.15, -0.1) is 0 Å². The summed E-state index contributed by atoms with van der Waals surface area (Å²) in [5.41, 5.74) is 1.76. The van der Waals surface area contributed by atoms with E-state index in [2.05, 4.69) is 10.6 Å². The zero-order chi connectivity index (χ0) is 13.4. The van der Waals surface area contributed by atoms with E-state index < -0.39 is 0 Å². The Kier molecular flexibility index (Phi) is 5.87. The Morgan fingerprint density at radius 1 is 1.11 bits per heavy atom. The van der Waals surface area contributed by atoms with Crippen LogP contribution in [0.5, 0.6) is 0 Å². The summed E-state index contributed by atoms with van der Waals surface area (Å²) in [6.45, 7) is 2.35. The number of benzene rings is 1. The number of urea groups is 1. The van der Waals surface area contributed by atoms with Crippen LogP contribution in [0.4, 0.5) is 4.79 Å². The molecule has 0 saturated carbocycles. The van der Waals surface area contributed by atoms with Crippen LogP contribution in [-0.2, 0) is 0 Å². The molecule has 0 aliphatic heterocycles. The molecule has 0 saturated heterocycles. The summed E-state index contributed by atoms with van der Waals surface area (Å²) >= 11 is 0. The summed E-state index contributed by atoms with van der Waals surface area (Å²) in [6, 6.07) is 6.96. The summed E-state index contributed by atoms with van der Waals surface area (Å²) < 4.78 is 0. The van der Waals surface area contributed by atoms with Gasteiger partial charge in [0.2, 0.25) is 0 Å². The SMILES string of the molecule is Cc1ccc(C(=O)CCNC(=O)NCCO)cc1. The molecule has 18 heavy (non-hydrogen) atoms. The molecular formula is C13H18N2O3. The van der Waals surface area contributed by atoms with E-state index in [0.29, 0.717) is 5.56 Å². The van der Waals surface area contributed by atoms with Crippen molar-refractivity contribution in [3.05, 3.63) is 35.4 Å². The quantitative estimate of drug-likeness (QED) is 0.655. The van der Waals surface area contributed by atoms with Crippen LogP contribution in [-0.4, -0.2) is 36.6 Å². The van der Waals surface area contributed by atoms with E-state index in [1.165, 1.54) is 0 Å². The minimum atomic E-state index is -0.374. The Balaban J connectivity index is 2.29. The van der Waals surface area contributed by atoms with Gasteiger partial charge >= 0.3 is 6.03 Å². The average Bonchev–Trinajstić information content (AvgIpc) is 2.37. The Morgan fingerprint density at radius 3 is 2.33 bits per heavy atom. The smallest absolute Gasteiger partial charge is 0.314 e. The number of Topliss-reactive ketones (excluding diaryl/α,β-unsaturated/α-hetero) is 1. The van der Waals surface area contributed by atoms with Crippen molar-refractivity contribution in [3.8, 4) is 0 Å². The predicted octanol–water partition coefficient (Wildman–Crippen LogP) is 0.859. The number of hydrogen-bond donors (Lipinski definition) is 3. The molecule has 2 amide bonds. The molecule has 5 heteroatoms. The van der Waals surface area contributed by atoms with E-state index >= 15 is 0 Å². The minimum absolute atomic E-state index is 0.00235. The van der Waals surface area contributed by atoms with Crippen LogP contribution in [0.1, 0.15) is 22.3 Å². The van der Waals surface area contributed by atoms with Crippen molar-refractivity contribution >= 4 is 11.8 Å². The van der Waals surface area contributed by atoms with Crippen molar-refractivity contribution in [2.24, 2.45) is 0 Å². The summed E-state index contributed by atoms with van der Waals surface area (Å²) in [4.78, 5) is 22.9. The molecule has 1 rings (SSSR count). The van der Waals surface area contributed by atoms with Gasteiger partial charge in [-0.1, -0.05) is 29.8 Å². The number of aryl methyl sites for hydroxylation is 1. The van der Waals surface area contributed by atoms with Gasteiger partial charge in [-0.05, 0) is 6.92 Å². The maximum atomic E-state index is 11.7. The van der Waals surface area contributed by atoms with Crippen molar-refractivity contribution in [1.29, 1.82) is 0 Å². The first-order valence-corrected chi connectivity index (χ1v) is 5.86. The van der Waals surface area contributed by atoms with Crippen molar-refractivity contribution in [1.82, 2.24) is 10.6 Å². The van der Waals surface area contributed by atoms with Gasteiger partial charge in [0.15, 0.2) is 5.78 Å². The third-order valence-electron chi connectivity index (χ3n) is 2.41.